The van der Waals surface area contributed by atoms with Crippen LogP contribution in [0, 0.1) is 6.92 Å². The lowest BCUT2D eigenvalue weighted by molar-refractivity contribution is -0.124. The molecule has 2 aromatic heterocycles. The molecule has 1 unspecified atom stereocenters. The van der Waals surface area contributed by atoms with Crippen LogP contribution >= 0.6 is 0 Å². The zero-order valence-corrected chi connectivity index (χ0v) is 12.0. The first-order chi connectivity index (χ1) is 9.90. The molecule has 0 radical (unpaired) electrons. The van der Waals surface area contributed by atoms with E-state index in [1.54, 1.807) is 37.8 Å². The summed E-state index contributed by atoms with van der Waals surface area (Å²) in [6.45, 7) is 3.58. The Morgan fingerprint density at radius 2 is 2.19 bits per heavy atom. The van der Waals surface area contributed by atoms with Crippen molar-refractivity contribution in [2.24, 2.45) is 7.05 Å². The van der Waals surface area contributed by atoms with Crippen LogP contribution < -0.4 is 5.32 Å². The van der Waals surface area contributed by atoms with E-state index in [0.29, 0.717) is 12.2 Å². The summed E-state index contributed by atoms with van der Waals surface area (Å²) in [5.41, 5.74) is 1.05. The van der Waals surface area contributed by atoms with Gasteiger partial charge in [-0.1, -0.05) is 0 Å². The Bertz CT molecular complexity index is 634. The molecule has 1 N–H and O–H groups in total. The summed E-state index contributed by atoms with van der Waals surface area (Å²) in [5, 5.41) is 10.5. The largest absolute Gasteiger partial charge is 0.349 e. The van der Waals surface area contributed by atoms with Gasteiger partial charge in [-0.15, -0.1) is 0 Å². The summed E-state index contributed by atoms with van der Waals surface area (Å²) in [4.78, 5) is 12.1. The monoisotopic (exact) mass is 297 g/mol. The Labute approximate surface area is 120 Å². The summed E-state index contributed by atoms with van der Waals surface area (Å²) in [6, 6.07) is 2.42. The first-order valence-corrected chi connectivity index (χ1v) is 6.49. The van der Waals surface area contributed by atoms with Gasteiger partial charge in [0.25, 0.3) is 6.43 Å². The standard InChI is InChI=1S/C13H17F2N5O/c1-8-6-11(12(14)15)18-20(8)9(2)13(21)16-7-10-4-5-17-19(10)3/h4-6,9,12H,7H2,1-3H3,(H,16,21). The maximum atomic E-state index is 12.6. The minimum Gasteiger partial charge on any atom is -0.349 e. The summed E-state index contributed by atoms with van der Waals surface area (Å²) in [7, 11) is 1.78. The van der Waals surface area contributed by atoms with Crippen molar-refractivity contribution in [1.29, 1.82) is 0 Å². The highest BCUT2D eigenvalue weighted by Gasteiger charge is 2.21. The number of nitrogens with one attached hydrogen (secondary N) is 1. The zero-order chi connectivity index (χ0) is 15.6. The van der Waals surface area contributed by atoms with Gasteiger partial charge in [0.15, 0.2) is 0 Å². The van der Waals surface area contributed by atoms with Gasteiger partial charge in [0, 0.05) is 18.9 Å². The molecule has 114 valence electrons. The van der Waals surface area contributed by atoms with Crippen LogP contribution in [0.4, 0.5) is 8.78 Å². The minimum absolute atomic E-state index is 0.289. The highest BCUT2D eigenvalue weighted by Crippen LogP contribution is 2.20. The Morgan fingerprint density at radius 1 is 1.48 bits per heavy atom. The van der Waals surface area contributed by atoms with Gasteiger partial charge in [-0.2, -0.15) is 10.2 Å². The molecule has 2 aromatic rings. The number of aromatic nitrogens is 4. The smallest absolute Gasteiger partial charge is 0.282 e. The SMILES string of the molecule is Cc1cc(C(F)F)nn1C(C)C(=O)NCc1ccnn1C. The van der Waals surface area contributed by atoms with Gasteiger partial charge in [-0.05, 0) is 26.0 Å². The van der Waals surface area contributed by atoms with Crippen LogP contribution in [0.1, 0.15) is 36.5 Å². The third-order valence-electron chi connectivity index (χ3n) is 3.28. The van der Waals surface area contributed by atoms with Crippen molar-refractivity contribution in [2.45, 2.75) is 32.9 Å². The molecule has 1 amide bonds. The number of alkyl halides is 2. The van der Waals surface area contributed by atoms with Gasteiger partial charge in [0.05, 0.1) is 12.2 Å². The number of amides is 1. The molecule has 0 aliphatic carbocycles. The van der Waals surface area contributed by atoms with Crippen molar-refractivity contribution in [3.8, 4) is 0 Å². The molecule has 21 heavy (non-hydrogen) atoms. The normalized spacial score (nSPS) is 12.7. The molecule has 0 saturated heterocycles. The number of carbonyl (C=O) groups excluding carboxylic acids is 1. The highest BCUT2D eigenvalue weighted by atomic mass is 19.3. The zero-order valence-electron chi connectivity index (χ0n) is 12.0. The second-order valence-corrected chi connectivity index (χ2v) is 4.80. The quantitative estimate of drug-likeness (QED) is 0.914. The van der Waals surface area contributed by atoms with Crippen LogP contribution in [0.5, 0.6) is 0 Å². The fourth-order valence-corrected chi connectivity index (χ4v) is 2.02. The van der Waals surface area contributed by atoms with E-state index in [1.165, 1.54) is 10.7 Å². The maximum absolute atomic E-state index is 12.6. The molecule has 0 bridgehead atoms. The summed E-state index contributed by atoms with van der Waals surface area (Å²) >= 11 is 0. The van der Waals surface area contributed by atoms with E-state index in [9.17, 15) is 13.6 Å². The topological polar surface area (TPSA) is 64.7 Å². The molecule has 0 saturated carbocycles. The van der Waals surface area contributed by atoms with Gasteiger partial charge >= 0.3 is 0 Å². The average Bonchev–Trinajstić information content (AvgIpc) is 3.01. The number of aryl methyl sites for hydroxylation is 2. The third-order valence-corrected chi connectivity index (χ3v) is 3.28. The van der Waals surface area contributed by atoms with Crippen molar-refractivity contribution >= 4 is 5.91 Å². The second kappa shape index (κ2) is 6.02. The van der Waals surface area contributed by atoms with Crippen molar-refractivity contribution in [2.75, 3.05) is 0 Å². The lowest BCUT2D eigenvalue weighted by atomic mass is 10.3. The molecule has 1 atom stereocenters. The van der Waals surface area contributed by atoms with Gasteiger partial charge in [-0.25, -0.2) is 8.78 Å². The van der Waals surface area contributed by atoms with E-state index in [0.717, 1.165) is 5.69 Å². The molecule has 8 heteroatoms. The lowest BCUT2D eigenvalue weighted by Crippen LogP contribution is -2.32. The molecule has 0 aliphatic rings. The number of hydrogen-bond acceptors (Lipinski definition) is 3. The first-order valence-electron chi connectivity index (χ1n) is 6.49. The average molecular weight is 297 g/mol. The molecule has 0 aromatic carbocycles. The van der Waals surface area contributed by atoms with Crippen LogP contribution in [-0.4, -0.2) is 25.5 Å². The molecular weight excluding hydrogens is 280 g/mol. The van der Waals surface area contributed by atoms with Crippen LogP contribution in [0.15, 0.2) is 18.3 Å². The van der Waals surface area contributed by atoms with Gasteiger partial charge < -0.3 is 5.32 Å². The number of hydrogen-bond donors (Lipinski definition) is 1. The molecule has 2 heterocycles. The van der Waals surface area contributed by atoms with Crippen LogP contribution in [0.25, 0.3) is 0 Å². The molecule has 6 nitrogen and oxygen atoms in total. The summed E-state index contributed by atoms with van der Waals surface area (Å²) in [5.74, 6) is -0.289. The Hall–Kier alpha value is -2.25. The molecular formula is C13H17F2N5O. The predicted molar refractivity (Wildman–Crippen MR) is 71.7 cm³/mol. The van der Waals surface area contributed by atoms with Crippen molar-refractivity contribution < 1.29 is 13.6 Å². The van der Waals surface area contributed by atoms with Crippen molar-refractivity contribution in [3.05, 3.63) is 35.4 Å². The van der Waals surface area contributed by atoms with E-state index in [1.807, 2.05) is 0 Å². The Kier molecular flexibility index (Phi) is 4.35. The Balaban J connectivity index is 2.04. The fourth-order valence-electron chi connectivity index (χ4n) is 2.02. The van der Waals surface area contributed by atoms with Crippen molar-refractivity contribution in [1.82, 2.24) is 24.9 Å². The van der Waals surface area contributed by atoms with E-state index in [2.05, 4.69) is 15.5 Å². The minimum atomic E-state index is -2.64. The maximum Gasteiger partial charge on any atom is 0.282 e. The molecule has 0 fully saturated rings. The third kappa shape index (κ3) is 3.26. The molecule has 2 rings (SSSR count). The van der Waals surface area contributed by atoms with Crippen LogP contribution in [0.3, 0.4) is 0 Å². The number of rotatable bonds is 5. The van der Waals surface area contributed by atoms with Crippen molar-refractivity contribution in [3.63, 3.8) is 0 Å². The highest BCUT2D eigenvalue weighted by molar-refractivity contribution is 5.79. The van der Waals surface area contributed by atoms with E-state index in [-0.39, 0.29) is 11.6 Å². The van der Waals surface area contributed by atoms with Crippen LogP contribution in [-0.2, 0) is 18.4 Å². The molecule has 0 aliphatic heterocycles. The summed E-state index contributed by atoms with van der Waals surface area (Å²) < 4.78 is 28.2. The van der Waals surface area contributed by atoms with Gasteiger partial charge in [0.1, 0.15) is 11.7 Å². The van der Waals surface area contributed by atoms with E-state index < -0.39 is 12.5 Å². The van der Waals surface area contributed by atoms with E-state index in [4.69, 9.17) is 0 Å². The molecule has 0 spiro atoms. The van der Waals surface area contributed by atoms with Gasteiger partial charge in [0.2, 0.25) is 5.91 Å². The number of carbonyl (C=O) groups is 1. The number of nitrogens with zero attached hydrogens (tertiary/aromatic N) is 4. The second-order valence-electron chi connectivity index (χ2n) is 4.80. The van der Waals surface area contributed by atoms with Crippen LogP contribution in [0.2, 0.25) is 0 Å². The predicted octanol–water partition coefficient (Wildman–Crippen LogP) is 1.74. The first kappa shape index (κ1) is 15.1. The van der Waals surface area contributed by atoms with E-state index >= 15 is 0 Å². The summed E-state index contributed by atoms with van der Waals surface area (Å²) in [6.07, 6.45) is -1.01. The lowest BCUT2D eigenvalue weighted by Gasteiger charge is -2.14. The fraction of sp³-hybridized carbons (Fsp3) is 0.462. The Morgan fingerprint density at radius 3 is 2.71 bits per heavy atom. The van der Waals surface area contributed by atoms with Gasteiger partial charge in [-0.3, -0.25) is 14.2 Å². The number of halogens is 2.